The number of piperazine rings is 1. The summed E-state index contributed by atoms with van der Waals surface area (Å²) in [6.45, 7) is 2.63. The summed E-state index contributed by atoms with van der Waals surface area (Å²) in [5.74, 6) is 1.44. The van der Waals surface area contributed by atoms with Gasteiger partial charge in [-0.2, -0.15) is 5.10 Å². The van der Waals surface area contributed by atoms with E-state index in [0.29, 0.717) is 46.0 Å². The Labute approximate surface area is 225 Å². The van der Waals surface area contributed by atoms with Gasteiger partial charge in [-0.3, -0.25) is 4.79 Å². The average molecular weight is 537 g/mol. The van der Waals surface area contributed by atoms with Crippen molar-refractivity contribution in [3.8, 4) is 28.4 Å². The van der Waals surface area contributed by atoms with Gasteiger partial charge in [-0.1, -0.05) is 35.3 Å². The van der Waals surface area contributed by atoms with Crippen molar-refractivity contribution in [2.75, 3.05) is 45.3 Å². The first-order valence-corrected chi connectivity index (χ1v) is 12.6. The molecule has 7 nitrogen and oxygen atoms in total. The normalized spacial score (nSPS) is 13.5. The quantitative estimate of drug-likeness (QED) is 0.310. The van der Waals surface area contributed by atoms with Gasteiger partial charge in [0.1, 0.15) is 17.2 Å². The van der Waals surface area contributed by atoms with E-state index in [9.17, 15) is 4.79 Å². The van der Waals surface area contributed by atoms with Crippen LogP contribution in [0.4, 0.5) is 5.69 Å². The van der Waals surface area contributed by atoms with Gasteiger partial charge in [0.05, 0.1) is 35.6 Å². The highest BCUT2D eigenvalue weighted by Gasteiger charge is 2.27. The van der Waals surface area contributed by atoms with E-state index in [1.165, 1.54) is 0 Å². The molecule has 2 heterocycles. The molecular weight excluding hydrogens is 511 g/mol. The third kappa shape index (κ3) is 5.24. The smallest absolute Gasteiger partial charge is 0.272 e. The van der Waals surface area contributed by atoms with Gasteiger partial charge in [0.25, 0.3) is 5.91 Å². The molecule has 0 saturated carbocycles. The van der Waals surface area contributed by atoms with E-state index >= 15 is 0 Å². The highest BCUT2D eigenvalue weighted by molar-refractivity contribution is 6.42. The van der Waals surface area contributed by atoms with E-state index in [2.05, 4.69) is 4.90 Å². The number of amides is 1. The fraction of sp³-hybridized carbons (Fsp3) is 0.214. The van der Waals surface area contributed by atoms with Gasteiger partial charge in [0, 0.05) is 37.4 Å². The Hall–Kier alpha value is -3.68. The van der Waals surface area contributed by atoms with Crippen LogP contribution in [-0.2, 0) is 0 Å². The standard InChI is InChI=1S/C28H26Cl2N4O3/c1-36-22-9-6-20(7-10-22)32-12-14-33(15-13-32)28(35)27-18-26(19-4-3-5-23(16-19)37-2)31-34(27)21-8-11-24(29)25(30)17-21/h3-11,16-18H,12-15H2,1-2H3. The predicted octanol–water partition coefficient (Wildman–Crippen LogP) is 5.83. The molecule has 1 aliphatic heterocycles. The Morgan fingerprint density at radius 1 is 0.784 bits per heavy atom. The number of rotatable bonds is 6. The molecule has 9 heteroatoms. The van der Waals surface area contributed by atoms with Crippen LogP contribution in [0.15, 0.2) is 72.8 Å². The summed E-state index contributed by atoms with van der Waals surface area (Å²) in [5.41, 5.74) is 3.72. The Bertz CT molecular complexity index is 1410. The molecule has 4 aromatic rings. The van der Waals surface area contributed by atoms with Crippen molar-refractivity contribution in [1.82, 2.24) is 14.7 Å². The van der Waals surface area contributed by atoms with Gasteiger partial charge in [-0.05, 0) is 60.7 Å². The largest absolute Gasteiger partial charge is 0.497 e. The van der Waals surface area contributed by atoms with Crippen LogP contribution < -0.4 is 14.4 Å². The van der Waals surface area contributed by atoms with Crippen molar-refractivity contribution in [1.29, 1.82) is 0 Å². The Balaban J connectivity index is 1.43. The number of hydrogen-bond donors (Lipinski definition) is 0. The first-order valence-electron chi connectivity index (χ1n) is 11.8. The highest BCUT2D eigenvalue weighted by atomic mass is 35.5. The van der Waals surface area contributed by atoms with E-state index in [-0.39, 0.29) is 5.91 Å². The van der Waals surface area contributed by atoms with E-state index < -0.39 is 0 Å². The van der Waals surface area contributed by atoms with Crippen molar-refractivity contribution in [3.63, 3.8) is 0 Å². The fourth-order valence-corrected chi connectivity index (χ4v) is 4.69. The zero-order chi connectivity index (χ0) is 25.9. The number of carbonyl (C=O) groups is 1. The molecule has 1 aliphatic rings. The second-order valence-corrected chi connectivity index (χ2v) is 9.45. The molecule has 0 spiro atoms. The minimum atomic E-state index is -0.0953. The number of ether oxygens (including phenoxy) is 2. The molecule has 37 heavy (non-hydrogen) atoms. The van der Waals surface area contributed by atoms with Gasteiger partial charge < -0.3 is 19.3 Å². The third-order valence-corrected chi connectivity index (χ3v) is 7.19. The van der Waals surface area contributed by atoms with E-state index in [0.717, 1.165) is 30.1 Å². The molecule has 0 atom stereocenters. The maximum absolute atomic E-state index is 13.8. The monoisotopic (exact) mass is 536 g/mol. The van der Waals surface area contributed by atoms with Crippen molar-refractivity contribution in [2.24, 2.45) is 0 Å². The highest BCUT2D eigenvalue weighted by Crippen LogP contribution is 2.29. The van der Waals surface area contributed by atoms with Crippen LogP contribution in [0.1, 0.15) is 10.5 Å². The van der Waals surface area contributed by atoms with Gasteiger partial charge in [-0.25, -0.2) is 4.68 Å². The number of nitrogens with zero attached hydrogens (tertiary/aromatic N) is 4. The Kier molecular flexibility index (Phi) is 7.26. The number of aromatic nitrogens is 2. The van der Waals surface area contributed by atoms with E-state index in [1.54, 1.807) is 37.1 Å². The van der Waals surface area contributed by atoms with Crippen LogP contribution in [0.2, 0.25) is 10.0 Å². The van der Waals surface area contributed by atoms with Gasteiger partial charge in [0.2, 0.25) is 0 Å². The average Bonchev–Trinajstić information content (AvgIpc) is 3.40. The van der Waals surface area contributed by atoms with Gasteiger partial charge in [-0.15, -0.1) is 0 Å². The summed E-state index contributed by atoms with van der Waals surface area (Å²) in [6, 6.07) is 22.6. The number of anilines is 1. The zero-order valence-corrected chi connectivity index (χ0v) is 22.0. The predicted molar refractivity (Wildman–Crippen MR) is 147 cm³/mol. The van der Waals surface area contributed by atoms with Gasteiger partial charge >= 0.3 is 0 Å². The summed E-state index contributed by atoms with van der Waals surface area (Å²) in [4.78, 5) is 17.9. The molecular formula is C28H26Cl2N4O3. The number of hydrogen-bond acceptors (Lipinski definition) is 5. The van der Waals surface area contributed by atoms with Crippen molar-refractivity contribution in [2.45, 2.75) is 0 Å². The number of benzene rings is 3. The first kappa shape index (κ1) is 25.0. The summed E-state index contributed by atoms with van der Waals surface area (Å²) in [7, 11) is 3.27. The van der Waals surface area contributed by atoms with Crippen LogP contribution in [0.3, 0.4) is 0 Å². The molecule has 0 unspecified atom stereocenters. The molecule has 0 bridgehead atoms. The lowest BCUT2D eigenvalue weighted by Gasteiger charge is -2.36. The molecule has 1 fully saturated rings. The van der Waals surface area contributed by atoms with Crippen LogP contribution >= 0.6 is 23.2 Å². The van der Waals surface area contributed by atoms with Crippen LogP contribution in [-0.4, -0.2) is 61.0 Å². The maximum atomic E-state index is 13.8. The van der Waals surface area contributed by atoms with Crippen molar-refractivity contribution in [3.05, 3.63) is 88.5 Å². The van der Waals surface area contributed by atoms with Crippen molar-refractivity contribution < 1.29 is 14.3 Å². The molecule has 0 aliphatic carbocycles. The lowest BCUT2D eigenvalue weighted by molar-refractivity contribution is 0.0737. The summed E-state index contributed by atoms with van der Waals surface area (Å²) in [5, 5.41) is 5.61. The van der Waals surface area contributed by atoms with E-state index in [4.69, 9.17) is 37.8 Å². The second kappa shape index (κ2) is 10.7. The lowest BCUT2D eigenvalue weighted by Crippen LogP contribution is -2.49. The molecule has 5 rings (SSSR count). The van der Waals surface area contributed by atoms with Gasteiger partial charge in [0.15, 0.2) is 0 Å². The fourth-order valence-electron chi connectivity index (χ4n) is 4.39. The first-order chi connectivity index (χ1) is 18.0. The van der Waals surface area contributed by atoms with Crippen LogP contribution in [0, 0.1) is 0 Å². The van der Waals surface area contributed by atoms with Crippen LogP contribution in [0.25, 0.3) is 16.9 Å². The Morgan fingerprint density at radius 3 is 2.16 bits per heavy atom. The summed E-state index contributed by atoms with van der Waals surface area (Å²) >= 11 is 12.4. The van der Waals surface area contributed by atoms with E-state index in [1.807, 2.05) is 59.5 Å². The Morgan fingerprint density at radius 2 is 1.49 bits per heavy atom. The molecule has 0 N–H and O–H groups in total. The molecule has 0 radical (unpaired) electrons. The van der Waals surface area contributed by atoms with Crippen LogP contribution in [0.5, 0.6) is 11.5 Å². The minimum Gasteiger partial charge on any atom is -0.497 e. The zero-order valence-electron chi connectivity index (χ0n) is 20.5. The SMILES string of the molecule is COc1ccc(N2CCN(C(=O)c3cc(-c4cccc(OC)c4)nn3-c3ccc(Cl)c(Cl)c3)CC2)cc1. The molecule has 1 amide bonds. The third-order valence-electron chi connectivity index (χ3n) is 6.45. The molecule has 3 aromatic carbocycles. The molecule has 190 valence electrons. The summed E-state index contributed by atoms with van der Waals surface area (Å²) < 4.78 is 12.3. The lowest BCUT2D eigenvalue weighted by atomic mass is 10.1. The minimum absolute atomic E-state index is 0.0953. The number of carbonyl (C=O) groups excluding carboxylic acids is 1. The topological polar surface area (TPSA) is 59.8 Å². The number of halogens is 2. The summed E-state index contributed by atoms with van der Waals surface area (Å²) in [6.07, 6.45) is 0. The van der Waals surface area contributed by atoms with Crippen molar-refractivity contribution >= 4 is 34.8 Å². The second-order valence-electron chi connectivity index (χ2n) is 8.63. The molecule has 1 aromatic heterocycles. The number of methoxy groups -OCH3 is 2. The molecule has 1 saturated heterocycles. The maximum Gasteiger partial charge on any atom is 0.272 e.